The van der Waals surface area contributed by atoms with Gasteiger partial charge in [-0.05, 0) is 37.5 Å². The summed E-state index contributed by atoms with van der Waals surface area (Å²) in [6.07, 6.45) is 37.6. The topological polar surface area (TPSA) is 237 Å². The molecule has 0 aliphatic rings. The molecule has 0 aromatic carbocycles. The lowest BCUT2D eigenvalue weighted by Crippen LogP contribution is -2.30. The molecule has 0 saturated heterocycles. The average molecular weight is 1210 g/mol. The van der Waals surface area contributed by atoms with Gasteiger partial charge in [-0.3, -0.25) is 37.3 Å². The van der Waals surface area contributed by atoms with E-state index in [0.29, 0.717) is 25.7 Å². The zero-order valence-electron chi connectivity index (χ0n) is 52.8. The molecule has 3 N–H and O–H groups in total. The molecule has 486 valence electrons. The van der Waals surface area contributed by atoms with Crippen LogP contribution in [-0.2, 0) is 65.4 Å². The lowest BCUT2D eigenvalue weighted by molar-refractivity contribution is -0.161. The number of aliphatic hydroxyl groups excluding tert-OH is 1. The Balaban J connectivity index is 5.20. The number of hydrogen-bond donors (Lipinski definition) is 3. The van der Waals surface area contributed by atoms with Gasteiger partial charge in [0.1, 0.15) is 19.3 Å². The van der Waals surface area contributed by atoms with Crippen LogP contribution in [0.1, 0.15) is 311 Å². The molecule has 0 bridgehead atoms. The van der Waals surface area contributed by atoms with Crippen LogP contribution in [-0.4, -0.2) is 96.7 Å². The fourth-order valence-corrected chi connectivity index (χ4v) is 10.9. The summed E-state index contributed by atoms with van der Waals surface area (Å²) >= 11 is 0. The Morgan fingerprint density at radius 1 is 0.341 bits per heavy atom. The highest BCUT2D eigenvalue weighted by Gasteiger charge is 2.30. The zero-order valence-corrected chi connectivity index (χ0v) is 54.6. The van der Waals surface area contributed by atoms with E-state index in [-0.39, 0.29) is 25.7 Å². The minimum absolute atomic E-state index is 0.103. The van der Waals surface area contributed by atoms with Crippen LogP contribution in [0.5, 0.6) is 0 Å². The van der Waals surface area contributed by atoms with Gasteiger partial charge in [-0.1, -0.05) is 260 Å². The SMILES string of the molecule is CCCCCCCCCC(=O)OC[C@H](COP(=O)(O)OC[C@H](O)COP(=O)(O)OC[C@@H](COC(=O)CCCCCCCCCCCCC(C)CC)OC(=O)CCCCCCCCCCCCC(C)CC)OC(=O)CCCCCCCCC. The molecule has 0 spiro atoms. The first-order valence-electron chi connectivity index (χ1n) is 33.1. The maximum absolute atomic E-state index is 13.0. The fourth-order valence-electron chi connectivity index (χ4n) is 9.29. The molecule has 0 aliphatic carbocycles. The molecule has 0 aromatic heterocycles. The number of rotatable bonds is 62. The summed E-state index contributed by atoms with van der Waals surface area (Å²) in [7, 11) is -9.88. The Morgan fingerprint density at radius 3 is 0.866 bits per heavy atom. The number of ether oxygens (including phenoxy) is 4. The van der Waals surface area contributed by atoms with Gasteiger partial charge in [-0.25, -0.2) is 9.13 Å². The third-order valence-corrected chi connectivity index (χ3v) is 17.1. The molecule has 19 heteroatoms. The third-order valence-electron chi connectivity index (χ3n) is 15.2. The maximum Gasteiger partial charge on any atom is 0.472 e. The first-order chi connectivity index (χ1) is 39.4. The molecular weight excluding hydrogens is 1090 g/mol. The second-order valence-corrected chi connectivity index (χ2v) is 26.2. The molecule has 17 nitrogen and oxygen atoms in total. The van der Waals surface area contributed by atoms with Crippen molar-refractivity contribution >= 4 is 39.5 Å². The third kappa shape index (κ3) is 54.7. The van der Waals surface area contributed by atoms with Crippen molar-refractivity contribution in [2.75, 3.05) is 39.6 Å². The molecule has 7 atom stereocenters. The van der Waals surface area contributed by atoms with Crippen LogP contribution in [0, 0.1) is 11.8 Å². The van der Waals surface area contributed by atoms with E-state index in [9.17, 15) is 43.2 Å². The monoisotopic (exact) mass is 1210 g/mol. The molecule has 0 rings (SSSR count). The van der Waals surface area contributed by atoms with Gasteiger partial charge >= 0.3 is 39.5 Å². The van der Waals surface area contributed by atoms with Gasteiger partial charge in [-0.15, -0.1) is 0 Å². The van der Waals surface area contributed by atoms with Crippen molar-refractivity contribution in [1.82, 2.24) is 0 Å². The number of phosphoric acid groups is 2. The first-order valence-corrected chi connectivity index (χ1v) is 36.1. The Bertz CT molecular complexity index is 1620. The zero-order chi connectivity index (χ0) is 60.8. The molecule has 0 aliphatic heterocycles. The fraction of sp³-hybridized carbons (Fsp3) is 0.937. The van der Waals surface area contributed by atoms with Crippen LogP contribution in [0.2, 0.25) is 0 Å². The highest BCUT2D eigenvalue weighted by Crippen LogP contribution is 2.45. The largest absolute Gasteiger partial charge is 0.472 e. The van der Waals surface area contributed by atoms with Gasteiger partial charge in [0.05, 0.1) is 26.4 Å². The molecule has 4 unspecified atom stereocenters. The summed E-state index contributed by atoms with van der Waals surface area (Å²) in [6.45, 7) is 9.46. The quantitative estimate of drug-likeness (QED) is 0.0222. The van der Waals surface area contributed by atoms with Crippen LogP contribution >= 0.6 is 15.6 Å². The van der Waals surface area contributed by atoms with Crippen molar-refractivity contribution in [3.05, 3.63) is 0 Å². The summed E-state index contributed by atoms with van der Waals surface area (Å²) in [4.78, 5) is 72.0. The summed E-state index contributed by atoms with van der Waals surface area (Å²) in [5.41, 5.74) is 0. The minimum atomic E-state index is -4.94. The Labute approximate surface area is 498 Å². The molecule has 0 amide bonds. The van der Waals surface area contributed by atoms with Gasteiger partial charge in [0.25, 0.3) is 0 Å². The van der Waals surface area contributed by atoms with Crippen molar-refractivity contribution in [1.29, 1.82) is 0 Å². The molecule has 0 aromatic rings. The number of unbranched alkanes of at least 4 members (excludes halogenated alkanes) is 30. The van der Waals surface area contributed by atoms with E-state index in [2.05, 4.69) is 41.5 Å². The van der Waals surface area contributed by atoms with Gasteiger partial charge < -0.3 is 33.8 Å². The molecule has 0 radical (unpaired) electrons. The van der Waals surface area contributed by atoms with Crippen LogP contribution in [0.3, 0.4) is 0 Å². The van der Waals surface area contributed by atoms with Crippen molar-refractivity contribution in [2.24, 2.45) is 11.8 Å². The number of carbonyl (C=O) groups excluding carboxylic acids is 4. The van der Waals surface area contributed by atoms with E-state index in [1.165, 1.54) is 103 Å². The van der Waals surface area contributed by atoms with E-state index < -0.39 is 97.5 Å². The predicted molar refractivity (Wildman–Crippen MR) is 326 cm³/mol. The highest BCUT2D eigenvalue weighted by atomic mass is 31.2. The van der Waals surface area contributed by atoms with E-state index in [1.807, 2.05) is 0 Å². The van der Waals surface area contributed by atoms with Crippen molar-refractivity contribution in [3.8, 4) is 0 Å². The predicted octanol–water partition coefficient (Wildman–Crippen LogP) is 17.3. The second-order valence-electron chi connectivity index (χ2n) is 23.3. The smallest absolute Gasteiger partial charge is 0.462 e. The van der Waals surface area contributed by atoms with Crippen LogP contribution in [0.15, 0.2) is 0 Å². The van der Waals surface area contributed by atoms with Gasteiger partial charge in [0.15, 0.2) is 12.2 Å². The van der Waals surface area contributed by atoms with E-state index in [1.54, 1.807) is 0 Å². The number of phosphoric ester groups is 2. The number of carbonyl (C=O) groups is 4. The molecular formula is C63H122O17P2. The minimum Gasteiger partial charge on any atom is -0.462 e. The van der Waals surface area contributed by atoms with E-state index in [4.69, 9.17) is 37.0 Å². The molecule has 82 heavy (non-hydrogen) atoms. The second kappa shape index (κ2) is 55.6. The van der Waals surface area contributed by atoms with E-state index >= 15 is 0 Å². The molecule has 0 fully saturated rings. The Morgan fingerprint density at radius 2 is 0.585 bits per heavy atom. The standard InChI is InChI=1S/C63H122O17P2/c1-7-11-13-15-25-33-39-45-60(65)73-51-58(79-62(67)47-41-35-26-16-14-12-8-2)53-77-81(69,70)75-49-57(64)50-76-82(71,72)78-54-59(80-63(68)48-42-36-30-24-20-18-22-28-32-38-44-56(6)10-4)52-74-61(66)46-40-34-29-23-19-17-21-27-31-37-43-55(5)9-3/h55-59,64H,7-54H2,1-6H3,(H,69,70)(H,71,72)/t55?,56?,57-,58+,59+/m0/s1. The van der Waals surface area contributed by atoms with Crippen LogP contribution in [0.4, 0.5) is 0 Å². The first kappa shape index (κ1) is 80.1. The maximum atomic E-state index is 13.0. The number of aliphatic hydroxyl groups is 1. The van der Waals surface area contributed by atoms with E-state index in [0.717, 1.165) is 127 Å². The van der Waals surface area contributed by atoms with Crippen LogP contribution < -0.4 is 0 Å². The van der Waals surface area contributed by atoms with Gasteiger partial charge in [0.2, 0.25) is 0 Å². The summed E-state index contributed by atoms with van der Waals surface area (Å²) in [5.74, 6) is -0.531. The van der Waals surface area contributed by atoms with Gasteiger partial charge in [-0.2, -0.15) is 0 Å². The lowest BCUT2D eigenvalue weighted by atomic mass is 9.99. The lowest BCUT2D eigenvalue weighted by Gasteiger charge is -2.21. The van der Waals surface area contributed by atoms with Crippen LogP contribution in [0.25, 0.3) is 0 Å². The summed E-state index contributed by atoms with van der Waals surface area (Å²) < 4.78 is 67.8. The van der Waals surface area contributed by atoms with Crippen molar-refractivity contribution < 1.29 is 80.2 Å². The summed E-state index contributed by atoms with van der Waals surface area (Å²) in [6, 6.07) is 0. The Kier molecular flexibility index (Phi) is 54.3. The number of esters is 4. The number of hydrogen-bond acceptors (Lipinski definition) is 15. The normalized spacial score (nSPS) is 15.0. The highest BCUT2D eigenvalue weighted by molar-refractivity contribution is 7.47. The van der Waals surface area contributed by atoms with Gasteiger partial charge in [0, 0.05) is 25.7 Å². The Hall–Kier alpha value is -1.94. The van der Waals surface area contributed by atoms with Crippen molar-refractivity contribution in [3.63, 3.8) is 0 Å². The molecule has 0 heterocycles. The average Bonchev–Trinajstić information content (AvgIpc) is 3.46. The van der Waals surface area contributed by atoms with Crippen molar-refractivity contribution in [2.45, 2.75) is 330 Å². The summed E-state index contributed by atoms with van der Waals surface area (Å²) in [5, 5.41) is 10.5. The molecule has 0 saturated carbocycles.